The van der Waals surface area contributed by atoms with E-state index in [-0.39, 0.29) is 49.9 Å². The molecular formula is C60H94N8O10. The first-order valence-electron chi connectivity index (χ1n) is 28.7. The number of nitrogens with zero attached hydrogens (tertiary/aromatic N) is 1. The second-order valence-corrected chi connectivity index (χ2v) is 21.7. The zero-order valence-corrected chi connectivity index (χ0v) is 47.2. The zero-order chi connectivity index (χ0) is 57.4. The molecule has 78 heavy (non-hydrogen) atoms. The predicted octanol–water partition coefficient (Wildman–Crippen LogP) is 6.19. The van der Waals surface area contributed by atoms with E-state index in [9.17, 15) is 48.9 Å². The van der Waals surface area contributed by atoms with Crippen molar-refractivity contribution in [2.45, 2.75) is 200 Å². The van der Waals surface area contributed by atoms with Gasteiger partial charge in [-0.3, -0.25) is 38.6 Å². The molecule has 18 nitrogen and oxygen atoms in total. The third-order valence-electron chi connectivity index (χ3n) is 14.5. The zero-order valence-electron chi connectivity index (χ0n) is 47.2. The van der Waals surface area contributed by atoms with Crippen molar-refractivity contribution in [3.05, 3.63) is 71.9 Å². The average molecular weight is 1090 g/mol. The number of carbonyl (C=O) groups excluding carboxylic acids is 7. The van der Waals surface area contributed by atoms with Crippen LogP contribution in [0, 0.1) is 23.7 Å². The molecule has 1 aromatic heterocycles. The Morgan fingerprint density at radius 2 is 1.15 bits per heavy atom. The normalized spacial score (nSPS) is 14.5. The van der Waals surface area contributed by atoms with Crippen LogP contribution in [0.3, 0.4) is 0 Å². The lowest BCUT2D eigenvalue weighted by molar-refractivity contribution is -0.137. The highest BCUT2D eigenvalue weighted by Gasteiger charge is 2.36. The van der Waals surface area contributed by atoms with Gasteiger partial charge in [-0.05, 0) is 61.6 Å². The van der Waals surface area contributed by atoms with Crippen LogP contribution in [-0.2, 0) is 46.4 Å². The fourth-order valence-corrected chi connectivity index (χ4v) is 9.78. The van der Waals surface area contributed by atoms with E-state index in [2.05, 4.69) is 38.2 Å². The van der Waals surface area contributed by atoms with Gasteiger partial charge in [0.2, 0.25) is 23.6 Å². The van der Waals surface area contributed by atoms with Crippen LogP contribution in [0.4, 0.5) is 0 Å². The summed E-state index contributed by atoms with van der Waals surface area (Å²) in [5, 5.41) is 42.9. The summed E-state index contributed by atoms with van der Waals surface area (Å²) in [6, 6.07) is 11.4. The van der Waals surface area contributed by atoms with Crippen LogP contribution in [-0.4, -0.2) is 117 Å². The van der Waals surface area contributed by atoms with Gasteiger partial charge in [0.25, 0.3) is 0 Å². The molecule has 0 aliphatic heterocycles. The highest BCUT2D eigenvalue weighted by atomic mass is 16.3. The minimum absolute atomic E-state index is 0.0321. The number of amides is 4. The van der Waals surface area contributed by atoms with E-state index in [1.165, 1.54) is 64.7 Å². The van der Waals surface area contributed by atoms with Gasteiger partial charge < -0.3 is 53.0 Å². The van der Waals surface area contributed by atoms with E-state index < -0.39 is 103 Å². The first kappa shape index (κ1) is 66.3. The maximum atomic E-state index is 14.7. The second kappa shape index (κ2) is 37.0. The maximum absolute atomic E-state index is 14.7. The summed E-state index contributed by atoms with van der Waals surface area (Å²) in [6.45, 7) is 7.83. The Hall–Kier alpha value is -5.98. The number of benzene rings is 2. The first-order chi connectivity index (χ1) is 37.4. The number of hydrogen-bond donors (Lipinski definition) is 10. The Balaban J connectivity index is 1.75. The molecule has 0 fully saturated rings. The molecule has 4 amide bonds. The van der Waals surface area contributed by atoms with Crippen molar-refractivity contribution in [3.63, 3.8) is 0 Å². The Morgan fingerprint density at radius 3 is 1.74 bits per heavy atom. The summed E-state index contributed by atoms with van der Waals surface area (Å²) in [6.07, 6.45) is 16.1. The van der Waals surface area contributed by atoms with Gasteiger partial charge in [-0.1, -0.05) is 153 Å². The Bertz CT molecular complexity index is 2320. The Labute approximate surface area is 462 Å². The van der Waals surface area contributed by atoms with E-state index in [4.69, 9.17) is 11.5 Å². The van der Waals surface area contributed by atoms with Crippen LogP contribution in [0.5, 0.6) is 0 Å². The number of unbranched alkanes of at least 4 members (excludes halogenated alkanes) is 12. The largest absolute Gasteiger partial charge is 0.396 e. The molecule has 0 bridgehead atoms. The molecule has 0 aliphatic rings. The summed E-state index contributed by atoms with van der Waals surface area (Å²) >= 11 is 0. The van der Waals surface area contributed by atoms with Crippen molar-refractivity contribution >= 4 is 57.8 Å². The molecule has 0 spiro atoms. The summed E-state index contributed by atoms with van der Waals surface area (Å²) in [5.41, 5.74) is 13.0. The minimum Gasteiger partial charge on any atom is -0.396 e. The molecule has 0 saturated heterocycles. The Kier molecular flexibility index (Phi) is 31.4. The lowest BCUT2D eigenvalue weighted by Crippen LogP contribution is -2.57. The van der Waals surface area contributed by atoms with Gasteiger partial charge in [0.05, 0.1) is 37.3 Å². The number of H-pyrrole nitrogens is 1. The molecule has 1 heterocycles. The summed E-state index contributed by atoms with van der Waals surface area (Å²) in [4.78, 5) is 105. The number of rotatable bonds is 42. The molecule has 2 aromatic carbocycles. The molecular weight excluding hydrogens is 993 g/mol. The number of guanidine groups is 1. The number of aromatic nitrogens is 1. The van der Waals surface area contributed by atoms with Crippen LogP contribution < -0.4 is 32.7 Å². The SMILES string of the molecule is CCCCCCCCCCCCCCCC(=O)N[C@H](C(=O)N[C@H](C(=O)C[C@@H](Cc1ccccc1)C(=O)N[C@@H](Cc1c[nH]c2ccccc12)C(=O)C[C@@H](CO)C(=O)N[C@@H](CO)C(=O)C[C@H](C)CCCN=C(N)N)C(C)C)[C@@H](C)O. The third-order valence-corrected chi connectivity index (χ3v) is 14.5. The minimum atomic E-state index is -1.36. The fraction of sp³-hybridized carbons (Fsp3) is 0.633. The van der Waals surface area contributed by atoms with Crippen molar-refractivity contribution in [3.8, 4) is 0 Å². The summed E-state index contributed by atoms with van der Waals surface area (Å²) in [7, 11) is 0. The number of nitrogens with one attached hydrogen (secondary N) is 5. The van der Waals surface area contributed by atoms with Gasteiger partial charge in [0.1, 0.15) is 12.1 Å². The molecule has 0 unspecified atom stereocenters. The van der Waals surface area contributed by atoms with Crippen LogP contribution in [0.25, 0.3) is 10.9 Å². The molecule has 18 heteroatoms. The number of aliphatic imine (C=N–C) groups is 1. The number of para-hydroxylation sites is 1. The molecule has 3 aromatic rings. The van der Waals surface area contributed by atoms with Crippen molar-refractivity contribution in [1.29, 1.82) is 0 Å². The van der Waals surface area contributed by atoms with E-state index in [1.54, 1.807) is 44.3 Å². The van der Waals surface area contributed by atoms with E-state index in [0.29, 0.717) is 31.4 Å². The molecule has 3 rings (SSSR count). The topological polar surface area (TPSA) is 308 Å². The standard InChI is InChI=1S/C60H94N8O10/c1-6-7-8-9-10-11-12-13-14-15-16-17-21-30-54(75)67-56(42(5)71)59(78)68-55(40(2)3)53(74)35-44(33-43-26-19-18-20-27-43)57(76)65-49(34-45-37-64-48-29-23-22-28-47(45)48)52(73)36-46(38-69)58(77)66-50(39-70)51(72)32-41(4)25-24-31-63-60(61)62/h18-20,22-23,26-29,37,40-42,44,46,49-50,55-56,64,69-71H,6-17,21,24-25,30-36,38-39H2,1-5H3,(H,65,76)(H,66,77)(H,67,75)(H,68,78)(H4,61,62,63)/t41-,42-,44-,46+,49+,50+,55+,56+/m1/s1. The fourth-order valence-electron chi connectivity index (χ4n) is 9.78. The van der Waals surface area contributed by atoms with E-state index in [1.807, 2.05) is 37.3 Å². The highest BCUT2D eigenvalue weighted by molar-refractivity contribution is 5.98. The molecule has 0 radical (unpaired) electrons. The van der Waals surface area contributed by atoms with Crippen LogP contribution >= 0.6 is 0 Å². The lowest BCUT2D eigenvalue weighted by atomic mass is 9.87. The van der Waals surface area contributed by atoms with Gasteiger partial charge in [-0.15, -0.1) is 0 Å². The van der Waals surface area contributed by atoms with Gasteiger partial charge in [-0.2, -0.15) is 0 Å². The monoisotopic (exact) mass is 1090 g/mol. The number of carbonyl (C=O) groups is 7. The number of nitrogens with two attached hydrogens (primary N) is 2. The number of Topliss-reactive ketones (excluding diaryl/α,β-unsaturated/α-hetero) is 3. The van der Waals surface area contributed by atoms with Crippen molar-refractivity contribution < 1.29 is 48.9 Å². The van der Waals surface area contributed by atoms with Crippen molar-refractivity contribution in [2.24, 2.45) is 40.1 Å². The number of ketones is 3. The quantitative estimate of drug-likeness (QED) is 0.0172. The van der Waals surface area contributed by atoms with Crippen LogP contribution in [0.2, 0.25) is 0 Å². The number of aromatic amines is 1. The Morgan fingerprint density at radius 1 is 0.590 bits per heavy atom. The smallest absolute Gasteiger partial charge is 0.245 e. The van der Waals surface area contributed by atoms with E-state index in [0.717, 1.165) is 35.7 Å². The average Bonchev–Trinajstić information content (AvgIpc) is 3.82. The van der Waals surface area contributed by atoms with Gasteiger partial charge in [0.15, 0.2) is 23.3 Å². The van der Waals surface area contributed by atoms with Crippen molar-refractivity contribution in [2.75, 3.05) is 19.8 Å². The molecule has 0 saturated carbocycles. The second-order valence-electron chi connectivity index (χ2n) is 21.7. The van der Waals surface area contributed by atoms with Crippen molar-refractivity contribution in [1.82, 2.24) is 26.3 Å². The number of hydrogen-bond acceptors (Lipinski definition) is 11. The lowest BCUT2D eigenvalue weighted by Gasteiger charge is -2.28. The maximum Gasteiger partial charge on any atom is 0.245 e. The summed E-state index contributed by atoms with van der Waals surface area (Å²) in [5.74, 6) is -7.19. The number of fused-ring (bicyclic) bond motifs is 1. The highest BCUT2D eigenvalue weighted by Crippen LogP contribution is 2.23. The van der Waals surface area contributed by atoms with Crippen LogP contribution in [0.1, 0.15) is 168 Å². The predicted molar refractivity (Wildman–Crippen MR) is 306 cm³/mol. The first-order valence-corrected chi connectivity index (χ1v) is 28.7. The summed E-state index contributed by atoms with van der Waals surface area (Å²) < 4.78 is 0. The number of aliphatic hydroxyl groups excluding tert-OH is 3. The van der Waals surface area contributed by atoms with Gasteiger partial charge in [0, 0.05) is 61.7 Å². The number of aliphatic hydroxyl groups is 3. The third kappa shape index (κ3) is 24.8. The molecule has 0 aliphatic carbocycles. The molecule has 8 atom stereocenters. The van der Waals surface area contributed by atoms with Crippen LogP contribution in [0.15, 0.2) is 65.8 Å². The molecule has 12 N–H and O–H groups in total. The van der Waals surface area contributed by atoms with E-state index >= 15 is 0 Å². The molecule has 434 valence electrons. The van der Waals surface area contributed by atoms with Gasteiger partial charge >= 0.3 is 0 Å². The van der Waals surface area contributed by atoms with Gasteiger partial charge in [-0.25, -0.2) is 0 Å².